The zero-order valence-electron chi connectivity index (χ0n) is 7.90. The summed E-state index contributed by atoms with van der Waals surface area (Å²) >= 11 is 0. The summed E-state index contributed by atoms with van der Waals surface area (Å²) in [6, 6.07) is 1.46. The van der Waals surface area contributed by atoms with Crippen LogP contribution in [0.15, 0.2) is 23.4 Å². The molecule has 3 N–H and O–H groups in total. The summed E-state index contributed by atoms with van der Waals surface area (Å²) in [5, 5.41) is 9.18. The molecule has 0 saturated heterocycles. The summed E-state index contributed by atoms with van der Waals surface area (Å²) < 4.78 is 25.3. The number of aromatic amines is 1. The predicted octanol–water partition coefficient (Wildman–Crippen LogP) is 0.0639. The van der Waals surface area contributed by atoms with Gasteiger partial charge in [0.2, 0.25) is 10.0 Å². The van der Waals surface area contributed by atoms with Gasteiger partial charge in [-0.15, -0.1) is 0 Å². The summed E-state index contributed by atoms with van der Waals surface area (Å²) in [7, 11) is -3.46. The third-order valence-electron chi connectivity index (χ3n) is 1.86. The molecule has 0 aliphatic heterocycles. The van der Waals surface area contributed by atoms with Crippen LogP contribution in [0, 0.1) is 0 Å². The Kier molecular flexibility index (Phi) is 3.68. The molecule has 14 heavy (non-hydrogen) atoms. The fourth-order valence-electron chi connectivity index (χ4n) is 0.909. The van der Waals surface area contributed by atoms with E-state index in [0.717, 1.165) is 0 Å². The maximum Gasteiger partial charge on any atom is 0.242 e. The molecular weight excluding hydrogens is 204 g/mol. The molecule has 0 spiro atoms. The Labute approximate surface area is 83.2 Å². The first-order valence-corrected chi connectivity index (χ1v) is 5.85. The fourth-order valence-corrected chi connectivity index (χ4v) is 1.96. The van der Waals surface area contributed by atoms with Crippen molar-refractivity contribution in [1.29, 1.82) is 0 Å². The van der Waals surface area contributed by atoms with Gasteiger partial charge in [0, 0.05) is 18.9 Å². The molecule has 0 bridgehead atoms. The van der Waals surface area contributed by atoms with E-state index in [0.29, 0.717) is 6.42 Å². The van der Waals surface area contributed by atoms with Crippen LogP contribution in [0.4, 0.5) is 0 Å². The second-order valence-corrected chi connectivity index (χ2v) is 4.73. The van der Waals surface area contributed by atoms with Crippen molar-refractivity contribution >= 4 is 10.0 Å². The van der Waals surface area contributed by atoms with E-state index in [1.54, 1.807) is 6.92 Å². The van der Waals surface area contributed by atoms with Crippen LogP contribution >= 0.6 is 0 Å². The SMILES string of the molecule is CCC(O)CNS(=O)(=O)c1cc[nH]c1. The first-order chi connectivity index (χ1) is 6.56. The Balaban J connectivity index is 2.60. The average Bonchev–Trinajstić information content (AvgIpc) is 2.67. The molecule has 1 unspecified atom stereocenters. The minimum Gasteiger partial charge on any atom is -0.392 e. The maximum absolute atomic E-state index is 11.5. The lowest BCUT2D eigenvalue weighted by Gasteiger charge is -2.08. The fraction of sp³-hybridized carbons (Fsp3) is 0.500. The van der Waals surface area contributed by atoms with Crippen LogP contribution in [0.3, 0.4) is 0 Å². The molecule has 1 atom stereocenters. The van der Waals surface area contributed by atoms with Gasteiger partial charge in [-0.1, -0.05) is 6.92 Å². The first-order valence-electron chi connectivity index (χ1n) is 4.36. The van der Waals surface area contributed by atoms with Gasteiger partial charge in [0.05, 0.1) is 11.0 Å². The van der Waals surface area contributed by atoms with E-state index in [-0.39, 0.29) is 11.4 Å². The van der Waals surface area contributed by atoms with Crippen LogP contribution in [0.2, 0.25) is 0 Å². The molecule has 1 heterocycles. The third kappa shape index (κ3) is 2.83. The lowest BCUT2D eigenvalue weighted by molar-refractivity contribution is 0.174. The molecule has 0 amide bonds. The maximum atomic E-state index is 11.5. The van der Waals surface area contributed by atoms with Crippen molar-refractivity contribution in [2.24, 2.45) is 0 Å². The van der Waals surface area contributed by atoms with Crippen LogP contribution in [0.1, 0.15) is 13.3 Å². The van der Waals surface area contributed by atoms with E-state index in [4.69, 9.17) is 0 Å². The number of nitrogens with one attached hydrogen (secondary N) is 2. The number of hydrogen-bond donors (Lipinski definition) is 3. The van der Waals surface area contributed by atoms with Crippen molar-refractivity contribution in [3.05, 3.63) is 18.5 Å². The normalized spacial score (nSPS) is 14.1. The number of aromatic nitrogens is 1. The number of aliphatic hydroxyl groups excluding tert-OH is 1. The summed E-state index contributed by atoms with van der Waals surface area (Å²) in [5.74, 6) is 0. The number of hydrogen-bond acceptors (Lipinski definition) is 3. The molecule has 0 radical (unpaired) electrons. The molecule has 1 aromatic heterocycles. The van der Waals surface area contributed by atoms with E-state index >= 15 is 0 Å². The van der Waals surface area contributed by atoms with Crippen molar-refractivity contribution in [3.63, 3.8) is 0 Å². The molecule has 0 aliphatic rings. The topological polar surface area (TPSA) is 82.2 Å². The Bertz CT molecular complexity index is 358. The zero-order chi connectivity index (χ0) is 10.6. The third-order valence-corrected chi connectivity index (χ3v) is 3.28. The summed E-state index contributed by atoms with van der Waals surface area (Å²) in [5.41, 5.74) is 0. The van der Waals surface area contributed by atoms with Crippen LogP contribution in [0.25, 0.3) is 0 Å². The van der Waals surface area contributed by atoms with Gasteiger partial charge in [-0.3, -0.25) is 0 Å². The van der Waals surface area contributed by atoms with Crippen LogP contribution < -0.4 is 4.72 Å². The predicted molar refractivity (Wildman–Crippen MR) is 52.3 cm³/mol. The molecule has 5 nitrogen and oxygen atoms in total. The monoisotopic (exact) mass is 218 g/mol. The smallest absolute Gasteiger partial charge is 0.242 e. The molecule has 80 valence electrons. The van der Waals surface area contributed by atoms with Gasteiger partial charge >= 0.3 is 0 Å². The Morgan fingerprint density at radius 1 is 1.64 bits per heavy atom. The number of H-pyrrole nitrogens is 1. The first kappa shape index (κ1) is 11.2. The van der Waals surface area contributed by atoms with Crippen molar-refractivity contribution in [3.8, 4) is 0 Å². The Hall–Kier alpha value is -0.850. The van der Waals surface area contributed by atoms with Crippen molar-refractivity contribution in [2.75, 3.05) is 6.54 Å². The van der Waals surface area contributed by atoms with E-state index in [1.807, 2.05) is 0 Å². The molecule has 0 aliphatic carbocycles. The van der Waals surface area contributed by atoms with E-state index in [9.17, 15) is 13.5 Å². The molecular formula is C8H14N2O3S. The van der Waals surface area contributed by atoms with E-state index in [1.165, 1.54) is 18.5 Å². The Morgan fingerprint density at radius 3 is 2.86 bits per heavy atom. The van der Waals surface area contributed by atoms with Gasteiger partial charge in [-0.2, -0.15) is 0 Å². The molecule has 0 aromatic carbocycles. The summed E-state index contributed by atoms with van der Waals surface area (Å²) in [6.07, 6.45) is 2.81. The molecule has 1 rings (SSSR count). The molecule has 1 aromatic rings. The van der Waals surface area contributed by atoms with E-state index < -0.39 is 16.1 Å². The van der Waals surface area contributed by atoms with Gasteiger partial charge in [-0.25, -0.2) is 13.1 Å². The highest BCUT2D eigenvalue weighted by atomic mass is 32.2. The second kappa shape index (κ2) is 4.59. The average molecular weight is 218 g/mol. The largest absolute Gasteiger partial charge is 0.392 e. The van der Waals surface area contributed by atoms with Gasteiger partial charge in [0.25, 0.3) is 0 Å². The lowest BCUT2D eigenvalue weighted by Crippen LogP contribution is -2.31. The zero-order valence-corrected chi connectivity index (χ0v) is 8.71. The minimum atomic E-state index is -3.46. The highest BCUT2D eigenvalue weighted by Crippen LogP contribution is 2.05. The minimum absolute atomic E-state index is 0.0456. The number of rotatable bonds is 5. The van der Waals surface area contributed by atoms with Gasteiger partial charge in [0.1, 0.15) is 0 Å². The highest BCUT2D eigenvalue weighted by molar-refractivity contribution is 7.89. The van der Waals surface area contributed by atoms with Crippen molar-refractivity contribution in [2.45, 2.75) is 24.3 Å². The van der Waals surface area contributed by atoms with E-state index in [2.05, 4.69) is 9.71 Å². The molecule has 6 heteroatoms. The van der Waals surface area contributed by atoms with Crippen molar-refractivity contribution in [1.82, 2.24) is 9.71 Å². The van der Waals surface area contributed by atoms with Gasteiger partial charge in [0.15, 0.2) is 0 Å². The van der Waals surface area contributed by atoms with Crippen LogP contribution in [-0.4, -0.2) is 31.2 Å². The van der Waals surface area contributed by atoms with Crippen molar-refractivity contribution < 1.29 is 13.5 Å². The number of sulfonamides is 1. The molecule has 0 saturated carbocycles. The van der Waals surface area contributed by atoms with Crippen LogP contribution in [-0.2, 0) is 10.0 Å². The molecule has 0 fully saturated rings. The lowest BCUT2D eigenvalue weighted by atomic mass is 10.3. The quantitative estimate of drug-likeness (QED) is 0.653. The number of aliphatic hydroxyl groups is 1. The summed E-state index contributed by atoms with van der Waals surface area (Å²) in [4.78, 5) is 2.84. The Morgan fingerprint density at radius 2 is 2.36 bits per heavy atom. The van der Waals surface area contributed by atoms with Gasteiger partial charge in [-0.05, 0) is 12.5 Å². The van der Waals surface area contributed by atoms with Gasteiger partial charge < -0.3 is 10.1 Å². The second-order valence-electron chi connectivity index (χ2n) is 2.96. The van der Waals surface area contributed by atoms with Crippen LogP contribution in [0.5, 0.6) is 0 Å². The highest BCUT2D eigenvalue weighted by Gasteiger charge is 2.14. The standard InChI is InChI=1S/C8H14N2O3S/c1-2-7(11)5-10-14(12,13)8-3-4-9-6-8/h3-4,6-7,9-11H,2,5H2,1H3. The summed E-state index contributed by atoms with van der Waals surface area (Å²) in [6.45, 7) is 1.83.